The molecule has 0 atom stereocenters. The number of nitriles is 1. The molecular weight excluding hydrogens is 424 g/mol. The van der Waals surface area contributed by atoms with Crippen molar-refractivity contribution in [3.8, 4) is 23.3 Å². The van der Waals surface area contributed by atoms with E-state index in [0.29, 0.717) is 22.6 Å². The lowest BCUT2D eigenvalue weighted by atomic mass is 10.2. The molecule has 3 aromatic carbocycles. The maximum absolute atomic E-state index is 13.4. The van der Waals surface area contributed by atoms with Gasteiger partial charge in [-0.2, -0.15) is 5.26 Å². The van der Waals surface area contributed by atoms with Crippen LogP contribution in [0.5, 0.6) is 5.88 Å². The normalized spacial score (nSPS) is 10.3. The summed E-state index contributed by atoms with van der Waals surface area (Å²) in [6.45, 7) is 0. The molecule has 0 fully saturated rings. The highest BCUT2D eigenvalue weighted by molar-refractivity contribution is 7.71. The van der Waals surface area contributed by atoms with Crippen LogP contribution in [-0.2, 0) is 0 Å². The summed E-state index contributed by atoms with van der Waals surface area (Å²) < 4.78 is 2.47. The van der Waals surface area contributed by atoms with Gasteiger partial charge in [-0.05, 0) is 54.7 Å². The molecule has 0 bridgehead atoms. The molecule has 156 valence electrons. The lowest BCUT2D eigenvalue weighted by molar-refractivity contribution is 0.102. The Hall–Kier alpha value is -4.48. The van der Waals surface area contributed by atoms with Crippen molar-refractivity contribution >= 4 is 23.8 Å². The van der Waals surface area contributed by atoms with Crippen molar-refractivity contribution in [1.82, 2.24) is 9.13 Å². The molecule has 0 aliphatic rings. The van der Waals surface area contributed by atoms with Crippen LogP contribution in [0.3, 0.4) is 0 Å². The van der Waals surface area contributed by atoms with Gasteiger partial charge in [-0.15, -0.1) is 0 Å². The second kappa shape index (κ2) is 8.71. The van der Waals surface area contributed by atoms with Crippen molar-refractivity contribution in [3.05, 3.63) is 111 Å². The minimum absolute atomic E-state index is 0.00734. The van der Waals surface area contributed by atoms with E-state index < -0.39 is 22.9 Å². The summed E-state index contributed by atoms with van der Waals surface area (Å²) in [5.74, 6) is -1.40. The molecule has 0 aliphatic heterocycles. The van der Waals surface area contributed by atoms with E-state index in [1.165, 1.54) is 15.2 Å². The molecule has 0 spiro atoms. The zero-order chi connectivity index (χ0) is 22.7. The maximum Gasteiger partial charge on any atom is 0.275 e. The van der Waals surface area contributed by atoms with Gasteiger partial charge in [0.25, 0.3) is 11.5 Å². The van der Waals surface area contributed by atoms with Gasteiger partial charge in [0.05, 0.1) is 23.0 Å². The third kappa shape index (κ3) is 3.80. The average molecular weight is 440 g/mol. The fourth-order valence-corrected chi connectivity index (χ4v) is 3.65. The Morgan fingerprint density at radius 3 is 2.09 bits per heavy atom. The summed E-state index contributed by atoms with van der Waals surface area (Å²) in [7, 11) is 0. The lowest BCUT2D eigenvalue weighted by Crippen LogP contribution is -2.32. The van der Waals surface area contributed by atoms with Gasteiger partial charge < -0.3 is 10.4 Å². The summed E-state index contributed by atoms with van der Waals surface area (Å²) in [5, 5.41) is 22.7. The highest BCUT2D eigenvalue weighted by Crippen LogP contribution is 2.23. The second-order valence-electron chi connectivity index (χ2n) is 6.77. The van der Waals surface area contributed by atoms with Crippen LogP contribution in [0.15, 0.2) is 89.7 Å². The number of aromatic nitrogens is 2. The first-order valence-corrected chi connectivity index (χ1v) is 9.95. The number of nitrogens with zero attached hydrogens (tertiary/aromatic N) is 3. The summed E-state index contributed by atoms with van der Waals surface area (Å²) in [6, 6.07) is 25.6. The fraction of sp³-hybridized carbons (Fsp3) is 0. The number of hydrogen-bond acceptors (Lipinski definition) is 5. The predicted molar refractivity (Wildman–Crippen MR) is 123 cm³/mol. The van der Waals surface area contributed by atoms with Gasteiger partial charge in [0.15, 0.2) is 10.3 Å². The molecule has 1 heterocycles. The van der Waals surface area contributed by atoms with Crippen molar-refractivity contribution in [1.29, 1.82) is 5.26 Å². The Morgan fingerprint density at radius 2 is 1.50 bits per heavy atom. The summed E-state index contributed by atoms with van der Waals surface area (Å²) in [6.07, 6.45) is 0. The Morgan fingerprint density at radius 1 is 0.906 bits per heavy atom. The summed E-state index contributed by atoms with van der Waals surface area (Å²) in [5.41, 5.74) is 0.350. The number of para-hydroxylation sites is 2. The first-order valence-electron chi connectivity index (χ1n) is 9.54. The largest absolute Gasteiger partial charge is 0.493 e. The van der Waals surface area contributed by atoms with E-state index >= 15 is 0 Å². The van der Waals surface area contributed by atoms with Crippen LogP contribution in [0.2, 0.25) is 0 Å². The zero-order valence-electron chi connectivity index (χ0n) is 16.6. The number of amides is 1. The molecule has 0 saturated carbocycles. The van der Waals surface area contributed by atoms with Crippen molar-refractivity contribution < 1.29 is 9.90 Å². The highest BCUT2D eigenvalue weighted by atomic mass is 32.1. The van der Waals surface area contributed by atoms with Crippen LogP contribution >= 0.6 is 12.2 Å². The molecule has 8 heteroatoms. The standard InChI is InChI=1S/C24H16N4O3S/c25-15-16-8-7-9-17(14-16)26-21(29)20-22(30)27(18-10-3-1-4-11-18)24(32)28(23(20)31)19-12-5-2-6-13-19/h1-14,30H,(H,26,29). The minimum atomic E-state index is -0.827. The number of nitrogens with one attached hydrogen (secondary N) is 1. The average Bonchev–Trinajstić information content (AvgIpc) is 2.80. The van der Waals surface area contributed by atoms with Gasteiger partial charge >= 0.3 is 0 Å². The van der Waals surface area contributed by atoms with Crippen molar-refractivity contribution in [2.24, 2.45) is 0 Å². The molecule has 0 aliphatic carbocycles. The Kier molecular flexibility index (Phi) is 5.66. The number of carbonyl (C=O) groups is 1. The summed E-state index contributed by atoms with van der Waals surface area (Å²) >= 11 is 5.54. The molecule has 0 unspecified atom stereocenters. The zero-order valence-corrected chi connectivity index (χ0v) is 17.4. The molecular formula is C24H16N4O3S. The van der Waals surface area contributed by atoms with Crippen LogP contribution in [0, 0.1) is 16.1 Å². The number of hydrogen-bond donors (Lipinski definition) is 2. The van der Waals surface area contributed by atoms with E-state index in [1.54, 1.807) is 78.9 Å². The number of benzene rings is 3. The van der Waals surface area contributed by atoms with E-state index in [9.17, 15) is 14.7 Å². The van der Waals surface area contributed by atoms with E-state index in [-0.39, 0.29) is 4.77 Å². The van der Waals surface area contributed by atoms with Gasteiger partial charge in [0.2, 0.25) is 5.88 Å². The first-order chi connectivity index (χ1) is 15.5. The van der Waals surface area contributed by atoms with Crippen molar-refractivity contribution in [2.45, 2.75) is 0 Å². The predicted octanol–water partition coefficient (Wildman–Crippen LogP) is 4.19. The van der Waals surface area contributed by atoms with Gasteiger partial charge in [0, 0.05) is 5.69 Å². The smallest absolute Gasteiger partial charge is 0.275 e. The van der Waals surface area contributed by atoms with Crippen LogP contribution in [0.25, 0.3) is 11.4 Å². The van der Waals surface area contributed by atoms with Crippen LogP contribution < -0.4 is 10.9 Å². The van der Waals surface area contributed by atoms with Crippen molar-refractivity contribution in [3.63, 3.8) is 0 Å². The number of rotatable bonds is 4. The van der Waals surface area contributed by atoms with Gasteiger partial charge in [-0.3, -0.25) is 18.7 Å². The molecule has 4 aromatic rings. The Balaban J connectivity index is 1.96. The quantitative estimate of drug-likeness (QED) is 0.464. The fourth-order valence-electron chi connectivity index (χ4n) is 3.27. The second-order valence-corrected chi connectivity index (χ2v) is 7.14. The molecule has 7 nitrogen and oxygen atoms in total. The summed E-state index contributed by atoms with van der Waals surface area (Å²) in [4.78, 5) is 26.5. The topological polar surface area (TPSA) is 100 Å². The highest BCUT2D eigenvalue weighted by Gasteiger charge is 2.24. The lowest BCUT2D eigenvalue weighted by Gasteiger charge is -2.17. The van der Waals surface area contributed by atoms with Crippen LogP contribution in [-0.4, -0.2) is 20.1 Å². The van der Waals surface area contributed by atoms with Gasteiger partial charge in [-0.1, -0.05) is 42.5 Å². The van der Waals surface area contributed by atoms with E-state index in [1.807, 2.05) is 6.07 Å². The number of anilines is 1. The Labute approximate surface area is 188 Å². The maximum atomic E-state index is 13.4. The van der Waals surface area contributed by atoms with E-state index in [2.05, 4.69) is 5.32 Å². The number of carbonyl (C=O) groups excluding carboxylic acids is 1. The van der Waals surface area contributed by atoms with Crippen LogP contribution in [0.1, 0.15) is 15.9 Å². The monoisotopic (exact) mass is 440 g/mol. The molecule has 0 saturated heterocycles. The van der Waals surface area contributed by atoms with Crippen LogP contribution in [0.4, 0.5) is 5.69 Å². The van der Waals surface area contributed by atoms with Crippen molar-refractivity contribution in [2.75, 3.05) is 5.32 Å². The molecule has 2 N–H and O–H groups in total. The van der Waals surface area contributed by atoms with E-state index in [4.69, 9.17) is 17.5 Å². The molecule has 1 amide bonds. The minimum Gasteiger partial charge on any atom is -0.493 e. The third-order valence-electron chi connectivity index (χ3n) is 4.74. The van der Waals surface area contributed by atoms with E-state index in [0.717, 1.165) is 0 Å². The van der Waals surface area contributed by atoms with Gasteiger partial charge in [0.1, 0.15) is 0 Å². The number of aromatic hydroxyl groups is 1. The SMILES string of the molecule is N#Cc1cccc(NC(=O)c2c(O)n(-c3ccccc3)c(=S)n(-c3ccccc3)c2=O)c1. The molecule has 4 rings (SSSR count). The molecule has 0 radical (unpaired) electrons. The molecule has 32 heavy (non-hydrogen) atoms. The Bertz CT molecular complexity index is 1470. The van der Waals surface area contributed by atoms with Gasteiger partial charge in [-0.25, -0.2) is 0 Å². The third-order valence-corrected chi connectivity index (χ3v) is 5.11. The molecule has 1 aromatic heterocycles. The first kappa shape index (κ1) is 20.8.